The molecule has 0 aliphatic carbocycles. The molecule has 136 valence electrons. The first kappa shape index (κ1) is 18.1. The highest BCUT2D eigenvalue weighted by Gasteiger charge is 2.25. The zero-order chi connectivity index (χ0) is 18.5. The Kier molecular flexibility index (Phi) is 5.62. The van der Waals surface area contributed by atoms with Gasteiger partial charge >= 0.3 is 0 Å². The summed E-state index contributed by atoms with van der Waals surface area (Å²) in [6, 6.07) is 9.81. The van der Waals surface area contributed by atoms with E-state index < -0.39 is 11.9 Å². The van der Waals surface area contributed by atoms with E-state index in [2.05, 4.69) is 10.1 Å². The van der Waals surface area contributed by atoms with Crippen molar-refractivity contribution in [3.8, 4) is 16.5 Å². The monoisotopic (exact) mass is 375 g/mol. The van der Waals surface area contributed by atoms with Gasteiger partial charge in [-0.25, -0.2) is 4.39 Å². The maximum atomic E-state index is 13.8. The van der Waals surface area contributed by atoms with E-state index in [9.17, 15) is 9.18 Å². The van der Waals surface area contributed by atoms with Crippen LogP contribution in [0, 0.1) is 5.82 Å². The maximum Gasteiger partial charge on any atom is 0.263 e. The van der Waals surface area contributed by atoms with Gasteiger partial charge < -0.3 is 14.2 Å². The Hall–Kier alpha value is -2.74. The van der Waals surface area contributed by atoms with Crippen molar-refractivity contribution in [2.24, 2.45) is 0 Å². The molecule has 0 radical (unpaired) electrons. The minimum atomic E-state index is -0.795. The van der Waals surface area contributed by atoms with Crippen LogP contribution in [0.2, 0.25) is 0 Å². The highest BCUT2D eigenvalue weighted by Crippen LogP contribution is 2.22. The zero-order valence-electron chi connectivity index (χ0n) is 14.4. The van der Waals surface area contributed by atoms with Crippen molar-refractivity contribution in [3.63, 3.8) is 0 Å². The number of likely N-dealkylation sites (N-methyl/N-ethyl adjacent to an activating group) is 1. The van der Waals surface area contributed by atoms with E-state index in [1.165, 1.54) is 28.4 Å². The van der Waals surface area contributed by atoms with E-state index in [1.54, 1.807) is 26.1 Å². The number of amides is 1. The van der Waals surface area contributed by atoms with Crippen LogP contribution in [0.5, 0.6) is 5.75 Å². The number of carbonyl (C=O) groups is 1. The smallest absolute Gasteiger partial charge is 0.263 e. The Labute approximate surface area is 154 Å². The van der Waals surface area contributed by atoms with Crippen LogP contribution in [0.1, 0.15) is 19.2 Å². The number of benzene rings is 1. The van der Waals surface area contributed by atoms with Crippen molar-refractivity contribution in [2.45, 2.75) is 26.0 Å². The second kappa shape index (κ2) is 8.09. The Morgan fingerprint density at radius 2 is 2.15 bits per heavy atom. The lowest BCUT2D eigenvalue weighted by atomic mass is 10.2. The molecule has 3 rings (SSSR count). The van der Waals surface area contributed by atoms with Crippen LogP contribution in [-0.4, -0.2) is 34.1 Å². The minimum absolute atomic E-state index is 0.0545. The molecule has 0 saturated heterocycles. The summed E-state index contributed by atoms with van der Waals surface area (Å²) in [4.78, 5) is 19.2. The Bertz CT molecular complexity index is 866. The minimum Gasteiger partial charge on any atom is -0.478 e. The van der Waals surface area contributed by atoms with Crippen molar-refractivity contribution in [3.05, 3.63) is 53.5 Å². The third-order valence-electron chi connectivity index (χ3n) is 3.71. The molecule has 0 N–H and O–H groups in total. The molecular weight excluding hydrogens is 357 g/mol. The number of ether oxygens (including phenoxy) is 1. The van der Waals surface area contributed by atoms with Gasteiger partial charge in [-0.1, -0.05) is 30.3 Å². The lowest BCUT2D eigenvalue weighted by Crippen LogP contribution is -2.39. The Morgan fingerprint density at radius 1 is 1.35 bits per heavy atom. The first-order chi connectivity index (χ1) is 12.6. The fourth-order valence-electron chi connectivity index (χ4n) is 2.35. The molecule has 0 bridgehead atoms. The summed E-state index contributed by atoms with van der Waals surface area (Å²) in [5.74, 6) is 0.0832. The molecule has 3 aromatic rings. The zero-order valence-corrected chi connectivity index (χ0v) is 15.2. The van der Waals surface area contributed by atoms with Crippen molar-refractivity contribution in [1.29, 1.82) is 0 Å². The number of hydrogen-bond donors (Lipinski definition) is 0. The van der Waals surface area contributed by atoms with Crippen LogP contribution in [0.4, 0.5) is 4.39 Å². The number of aromatic nitrogens is 2. The Morgan fingerprint density at radius 3 is 2.85 bits per heavy atom. The topological polar surface area (TPSA) is 68.5 Å². The molecule has 0 aliphatic rings. The fraction of sp³-hybridized carbons (Fsp3) is 0.278. The summed E-state index contributed by atoms with van der Waals surface area (Å²) in [6.45, 7) is 1.95. The first-order valence-electron chi connectivity index (χ1n) is 8.11. The summed E-state index contributed by atoms with van der Waals surface area (Å²) in [5.41, 5.74) is 0. The molecule has 2 heterocycles. The number of rotatable bonds is 7. The first-order valence-corrected chi connectivity index (χ1v) is 8.99. The summed E-state index contributed by atoms with van der Waals surface area (Å²) in [6.07, 6.45) is -0.390. The van der Waals surface area contributed by atoms with E-state index in [4.69, 9.17) is 9.26 Å². The molecule has 1 atom stereocenters. The van der Waals surface area contributed by atoms with Gasteiger partial charge in [0.2, 0.25) is 11.7 Å². The third-order valence-corrected chi connectivity index (χ3v) is 4.58. The van der Waals surface area contributed by atoms with E-state index in [0.29, 0.717) is 18.1 Å². The Balaban J connectivity index is 1.65. The quantitative estimate of drug-likeness (QED) is 0.629. The number of para-hydroxylation sites is 1. The van der Waals surface area contributed by atoms with E-state index in [-0.39, 0.29) is 18.2 Å². The normalized spacial score (nSPS) is 12.0. The van der Waals surface area contributed by atoms with Gasteiger partial charge in [0.15, 0.2) is 17.7 Å². The third kappa shape index (κ3) is 4.08. The second-order valence-electron chi connectivity index (χ2n) is 5.63. The van der Waals surface area contributed by atoms with Crippen molar-refractivity contribution >= 4 is 17.2 Å². The SMILES string of the molecule is CC[C@@H](Oc1ccccc1F)C(=O)N(C)Cc1nc(-c2cccs2)no1. The van der Waals surface area contributed by atoms with Crippen LogP contribution in [0.3, 0.4) is 0 Å². The molecule has 0 saturated carbocycles. The lowest BCUT2D eigenvalue weighted by Gasteiger charge is -2.22. The van der Waals surface area contributed by atoms with E-state index in [1.807, 2.05) is 17.5 Å². The van der Waals surface area contributed by atoms with Crippen LogP contribution >= 0.6 is 11.3 Å². The molecule has 0 spiro atoms. The number of hydrogen-bond acceptors (Lipinski definition) is 6. The maximum absolute atomic E-state index is 13.8. The van der Waals surface area contributed by atoms with Gasteiger partial charge in [-0.2, -0.15) is 4.98 Å². The van der Waals surface area contributed by atoms with Crippen molar-refractivity contribution in [2.75, 3.05) is 7.05 Å². The molecule has 26 heavy (non-hydrogen) atoms. The molecule has 1 amide bonds. The van der Waals surface area contributed by atoms with Crippen LogP contribution in [0.15, 0.2) is 46.3 Å². The van der Waals surface area contributed by atoms with E-state index in [0.717, 1.165) is 4.88 Å². The van der Waals surface area contributed by atoms with Gasteiger partial charge in [-0.15, -0.1) is 11.3 Å². The van der Waals surface area contributed by atoms with Crippen LogP contribution < -0.4 is 4.74 Å². The lowest BCUT2D eigenvalue weighted by molar-refractivity contribution is -0.138. The van der Waals surface area contributed by atoms with E-state index >= 15 is 0 Å². The molecule has 0 unspecified atom stereocenters. The predicted molar refractivity (Wildman–Crippen MR) is 95.2 cm³/mol. The molecule has 0 aliphatic heterocycles. The average molecular weight is 375 g/mol. The van der Waals surface area contributed by atoms with Crippen molar-refractivity contribution in [1.82, 2.24) is 15.0 Å². The molecule has 1 aromatic carbocycles. The molecule has 6 nitrogen and oxygen atoms in total. The standard InChI is InChI=1S/C18H18FN3O3S/c1-3-13(24-14-8-5-4-7-12(14)19)18(23)22(2)11-16-20-17(21-25-16)15-9-6-10-26-15/h4-10,13H,3,11H2,1-2H3/t13-/m1/s1. The summed E-state index contributed by atoms with van der Waals surface area (Å²) < 4.78 is 24.5. The largest absolute Gasteiger partial charge is 0.478 e. The van der Waals surface area contributed by atoms with Gasteiger partial charge in [0.25, 0.3) is 5.91 Å². The second-order valence-corrected chi connectivity index (χ2v) is 6.58. The highest BCUT2D eigenvalue weighted by atomic mass is 32.1. The number of halogens is 1. The van der Waals surface area contributed by atoms with Gasteiger partial charge in [0.1, 0.15) is 0 Å². The summed E-state index contributed by atoms with van der Waals surface area (Å²) in [7, 11) is 1.62. The highest BCUT2D eigenvalue weighted by molar-refractivity contribution is 7.13. The number of nitrogens with zero attached hydrogens (tertiary/aromatic N) is 3. The summed E-state index contributed by atoms with van der Waals surface area (Å²) in [5, 5.41) is 5.84. The van der Waals surface area contributed by atoms with Gasteiger partial charge in [0, 0.05) is 7.05 Å². The van der Waals surface area contributed by atoms with Gasteiger partial charge in [-0.3, -0.25) is 4.79 Å². The van der Waals surface area contributed by atoms with Gasteiger partial charge in [0.05, 0.1) is 11.4 Å². The molecule has 2 aromatic heterocycles. The predicted octanol–water partition coefficient (Wildman–Crippen LogP) is 3.75. The van der Waals surface area contributed by atoms with Crippen LogP contribution in [-0.2, 0) is 11.3 Å². The number of thiophene rings is 1. The molecular formula is C18H18FN3O3S. The fourth-order valence-corrected chi connectivity index (χ4v) is 3.00. The molecule has 0 fully saturated rings. The van der Waals surface area contributed by atoms with Crippen LogP contribution in [0.25, 0.3) is 10.7 Å². The average Bonchev–Trinajstić information content (AvgIpc) is 3.32. The molecule has 8 heteroatoms. The van der Waals surface area contributed by atoms with Crippen molar-refractivity contribution < 1.29 is 18.4 Å². The van der Waals surface area contributed by atoms with Gasteiger partial charge in [-0.05, 0) is 30.0 Å². The number of carbonyl (C=O) groups excluding carboxylic acids is 1. The summed E-state index contributed by atoms with van der Waals surface area (Å²) >= 11 is 1.50.